The molecule has 0 bridgehead atoms. The number of aliphatic hydroxyl groups excluding tert-OH is 1. The van der Waals surface area contributed by atoms with Gasteiger partial charge in [-0.25, -0.2) is 4.68 Å². The number of hydrogen-bond donors (Lipinski definition) is 1. The lowest BCUT2D eigenvalue weighted by atomic mass is 9.98. The van der Waals surface area contributed by atoms with E-state index in [1.54, 1.807) is 4.68 Å². The molecule has 1 atom stereocenters. The first-order valence-corrected chi connectivity index (χ1v) is 10.3. The maximum absolute atomic E-state index is 13.1. The van der Waals surface area contributed by atoms with Crippen LogP contribution in [0.5, 0.6) is 0 Å². The summed E-state index contributed by atoms with van der Waals surface area (Å²) >= 11 is 0. The van der Waals surface area contributed by atoms with E-state index in [-0.39, 0.29) is 12.2 Å². The van der Waals surface area contributed by atoms with Crippen LogP contribution in [0.25, 0.3) is 5.69 Å². The zero-order valence-corrected chi connectivity index (χ0v) is 17.2. The summed E-state index contributed by atoms with van der Waals surface area (Å²) in [5.74, 6) is 0.607. The minimum Gasteiger partial charge on any atom is -0.392 e. The molecule has 2 heterocycles. The molecule has 3 aromatic rings. The molecule has 0 amide bonds. The van der Waals surface area contributed by atoms with E-state index in [1.165, 1.54) is 5.56 Å². The first-order valence-electron chi connectivity index (χ1n) is 10.3. The highest BCUT2D eigenvalue weighted by molar-refractivity contribution is 5.33. The van der Waals surface area contributed by atoms with Crippen molar-refractivity contribution in [3.8, 4) is 5.69 Å². The maximum Gasteiger partial charge on any atom is 0.276 e. The minimum absolute atomic E-state index is 0.0826. The molecule has 0 radical (unpaired) electrons. The largest absolute Gasteiger partial charge is 0.392 e. The van der Waals surface area contributed by atoms with Crippen molar-refractivity contribution in [3.05, 3.63) is 87.3 Å². The smallest absolute Gasteiger partial charge is 0.276 e. The van der Waals surface area contributed by atoms with Gasteiger partial charge in [-0.15, -0.1) is 0 Å². The quantitative estimate of drug-likeness (QED) is 0.703. The van der Waals surface area contributed by atoms with Crippen molar-refractivity contribution >= 4 is 0 Å². The molecule has 0 saturated carbocycles. The van der Waals surface area contributed by atoms with Gasteiger partial charge in [0.15, 0.2) is 0 Å². The van der Waals surface area contributed by atoms with Crippen molar-refractivity contribution in [3.63, 3.8) is 0 Å². The van der Waals surface area contributed by atoms with E-state index >= 15 is 0 Å². The summed E-state index contributed by atoms with van der Waals surface area (Å²) in [6.07, 6.45) is 2.20. The fraction of sp³-hybridized carbons (Fsp3) is 0.375. The molecule has 0 spiro atoms. The monoisotopic (exact) mass is 391 g/mol. The molecule has 1 aromatic heterocycles. The van der Waals surface area contributed by atoms with Gasteiger partial charge in [0.05, 0.1) is 17.9 Å². The van der Waals surface area contributed by atoms with Gasteiger partial charge in [-0.3, -0.25) is 14.4 Å². The van der Waals surface area contributed by atoms with Gasteiger partial charge in [-0.2, -0.15) is 0 Å². The highest BCUT2D eigenvalue weighted by Gasteiger charge is 2.25. The second-order valence-corrected chi connectivity index (χ2v) is 8.11. The van der Waals surface area contributed by atoms with Crippen LogP contribution in [0.15, 0.2) is 59.4 Å². The van der Waals surface area contributed by atoms with Crippen molar-refractivity contribution in [2.75, 3.05) is 13.1 Å². The number of hydrogen-bond acceptors (Lipinski definition) is 3. The lowest BCUT2D eigenvalue weighted by Gasteiger charge is -2.15. The average molecular weight is 392 g/mol. The van der Waals surface area contributed by atoms with Gasteiger partial charge >= 0.3 is 0 Å². The number of benzene rings is 2. The summed E-state index contributed by atoms with van der Waals surface area (Å²) in [6.45, 7) is 4.87. The normalized spacial score (nSPS) is 17.1. The van der Waals surface area contributed by atoms with Crippen LogP contribution in [-0.2, 0) is 26.6 Å². The fourth-order valence-electron chi connectivity index (χ4n) is 4.37. The number of rotatable bonds is 6. The van der Waals surface area contributed by atoms with Crippen LogP contribution in [0.3, 0.4) is 0 Å². The van der Waals surface area contributed by atoms with Crippen molar-refractivity contribution in [1.29, 1.82) is 0 Å². The van der Waals surface area contributed by atoms with Gasteiger partial charge in [0.25, 0.3) is 5.56 Å². The molecule has 1 N–H and O–H groups in total. The Bertz CT molecular complexity index is 1020. The Hall–Kier alpha value is -2.63. The Morgan fingerprint density at radius 3 is 2.41 bits per heavy atom. The minimum atomic E-state index is 0.0826. The number of para-hydroxylation sites is 1. The third kappa shape index (κ3) is 4.07. The highest BCUT2D eigenvalue weighted by Crippen LogP contribution is 2.23. The molecule has 5 heteroatoms. The van der Waals surface area contributed by atoms with Gasteiger partial charge in [-0.1, -0.05) is 42.5 Å². The standard InChI is InChI=1S/C24H29N3O2/c1-18-23(24(29)27(25(18)2)22-6-4-3-5-7-22)16-26-13-12-21(15-26)14-19-8-10-20(17-28)11-9-19/h3-11,21,28H,12-17H2,1-2H3. The molecule has 1 unspecified atom stereocenters. The molecule has 1 aliphatic rings. The Balaban J connectivity index is 1.46. The average Bonchev–Trinajstić information content (AvgIpc) is 3.27. The van der Waals surface area contributed by atoms with Crippen LogP contribution in [-0.4, -0.2) is 32.5 Å². The summed E-state index contributed by atoms with van der Waals surface area (Å²) in [6, 6.07) is 18.1. The highest BCUT2D eigenvalue weighted by atomic mass is 16.3. The van der Waals surface area contributed by atoms with Crippen molar-refractivity contribution in [2.24, 2.45) is 13.0 Å². The second kappa shape index (κ2) is 8.39. The predicted molar refractivity (Wildman–Crippen MR) is 115 cm³/mol. The number of aromatic nitrogens is 2. The summed E-state index contributed by atoms with van der Waals surface area (Å²) in [4.78, 5) is 15.5. The lowest BCUT2D eigenvalue weighted by Crippen LogP contribution is -2.26. The summed E-state index contributed by atoms with van der Waals surface area (Å²) < 4.78 is 3.73. The SMILES string of the molecule is Cc1c(CN2CCC(Cc3ccc(CO)cc3)C2)c(=O)n(-c2ccccc2)n1C. The van der Waals surface area contributed by atoms with E-state index < -0.39 is 0 Å². The Morgan fingerprint density at radius 1 is 1.03 bits per heavy atom. The van der Waals surface area contributed by atoms with E-state index in [9.17, 15) is 9.90 Å². The predicted octanol–water partition coefficient (Wildman–Crippen LogP) is 3.04. The number of likely N-dealkylation sites (tertiary alicyclic amines) is 1. The van der Waals surface area contributed by atoms with E-state index in [2.05, 4.69) is 17.0 Å². The zero-order chi connectivity index (χ0) is 20.4. The first kappa shape index (κ1) is 19.7. The van der Waals surface area contributed by atoms with Crippen molar-refractivity contribution in [2.45, 2.75) is 32.9 Å². The van der Waals surface area contributed by atoms with Crippen LogP contribution >= 0.6 is 0 Å². The molecule has 5 nitrogen and oxygen atoms in total. The Morgan fingerprint density at radius 2 is 1.72 bits per heavy atom. The molecule has 1 fully saturated rings. The van der Waals surface area contributed by atoms with Crippen LogP contribution in [0, 0.1) is 12.8 Å². The Labute approximate surface area is 171 Å². The summed E-state index contributed by atoms with van der Waals surface area (Å²) in [7, 11) is 1.95. The molecular weight excluding hydrogens is 362 g/mol. The molecule has 29 heavy (non-hydrogen) atoms. The van der Waals surface area contributed by atoms with Crippen molar-refractivity contribution in [1.82, 2.24) is 14.3 Å². The van der Waals surface area contributed by atoms with Gasteiger partial charge in [0, 0.05) is 25.8 Å². The summed E-state index contributed by atoms with van der Waals surface area (Å²) in [5.41, 5.74) is 5.18. The molecule has 0 aliphatic carbocycles. The molecule has 152 valence electrons. The van der Waals surface area contributed by atoms with Gasteiger partial charge < -0.3 is 5.11 Å². The topological polar surface area (TPSA) is 50.4 Å². The van der Waals surface area contributed by atoms with Gasteiger partial charge in [0.2, 0.25) is 0 Å². The Kier molecular flexibility index (Phi) is 5.69. The van der Waals surface area contributed by atoms with Crippen LogP contribution in [0.2, 0.25) is 0 Å². The van der Waals surface area contributed by atoms with Gasteiger partial charge in [0.1, 0.15) is 0 Å². The van der Waals surface area contributed by atoms with E-state index in [0.717, 1.165) is 48.4 Å². The molecular formula is C24H29N3O2. The zero-order valence-electron chi connectivity index (χ0n) is 17.2. The fourth-order valence-corrected chi connectivity index (χ4v) is 4.37. The number of aliphatic hydroxyl groups is 1. The summed E-state index contributed by atoms with van der Waals surface area (Å²) in [5, 5.41) is 9.19. The van der Waals surface area contributed by atoms with Crippen LogP contribution < -0.4 is 5.56 Å². The first-order chi connectivity index (χ1) is 14.1. The van der Waals surface area contributed by atoms with Crippen LogP contribution in [0.1, 0.15) is 28.8 Å². The third-order valence-electron chi connectivity index (χ3n) is 6.16. The third-order valence-corrected chi connectivity index (χ3v) is 6.16. The molecule has 1 aliphatic heterocycles. The maximum atomic E-state index is 13.1. The second-order valence-electron chi connectivity index (χ2n) is 8.11. The van der Waals surface area contributed by atoms with Crippen LogP contribution in [0.4, 0.5) is 0 Å². The van der Waals surface area contributed by atoms with Crippen molar-refractivity contribution < 1.29 is 5.11 Å². The van der Waals surface area contributed by atoms with E-state index in [1.807, 2.05) is 61.1 Å². The lowest BCUT2D eigenvalue weighted by molar-refractivity contribution is 0.282. The van der Waals surface area contributed by atoms with Gasteiger partial charge in [-0.05, 0) is 55.5 Å². The molecule has 2 aromatic carbocycles. The number of nitrogens with zero attached hydrogens (tertiary/aromatic N) is 3. The molecule has 4 rings (SSSR count). The van der Waals surface area contributed by atoms with E-state index in [0.29, 0.717) is 12.5 Å². The van der Waals surface area contributed by atoms with E-state index in [4.69, 9.17) is 0 Å². The molecule has 1 saturated heterocycles.